The van der Waals surface area contributed by atoms with Gasteiger partial charge in [-0.3, -0.25) is 4.79 Å². The van der Waals surface area contributed by atoms with Crippen LogP contribution in [-0.4, -0.2) is 36.7 Å². The third-order valence-electron chi connectivity index (χ3n) is 6.37. The van der Waals surface area contributed by atoms with Crippen molar-refractivity contribution in [3.05, 3.63) is 0 Å². The van der Waals surface area contributed by atoms with Gasteiger partial charge in [0, 0.05) is 36.6 Å². The molecule has 4 nitrogen and oxygen atoms in total. The zero-order valence-corrected chi connectivity index (χ0v) is 15.1. The maximum atomic E-state index is 12.4. The van der Waals surface area contributed by atoms with Crippen molar-refractivity contribution in [2.45, 2.75) is 96.4 Å². The van der Waals surface area contributed by atoms with Gasteiger partial charge in [-0.15, -0.1) is 0 Å². The van der Waals surface area contributed by atoms with E-state index in [4.69, 9.17) is 4.74 Å². The molecular weight excluding hydrogens is 288 g/mol. The Morgan fingerprint density at radius 1 is 1.22 bits per heavy atom. The van der Waals surface area contributed by atoms with E-state index in [1.54, 1.807) is 0 Å². The second-order valence-electron chi connectivity index (χ2n) is 8.57. The summed E-state index contributed by atoms with van der Waals surface area (Å²) >= 11 is 0. The number of ether oxygens (including phenoxy) is 1. The van der Waals surface area contributed by atoms with Crippen LogP contribution in [0.2, 0.25) is 0 Å². The van der Waals surface area contributed by atoms with E-state index in [2.05, 4.69) is 31.4 Å². The summed E-state index contributed by atoms with van der Waals surface area (Å²) in [5.74, 6) is 0.829. The predicted molar refractivity (Wildman–Crippen MR) is 92.3 cm³/mol. The Balaban J connectivity index is 1.40. The van der Waals surface area contributed by atoms with E-state index in [0.717, 1.165) is 19.4 Å². The molecule has 0 radical (unpaired) electrons. The van der Waals surface area contributed by atoms with Crippen molar-refractivity contribution >= 4 is 5.91 Å². The van der Waals surface area contributed by atoms with Crippen LogP contribution in [0.15, 0.2) is 0 Å². The smallest absolute Gasteiger partial charge is 0.220 e. The van der Waals surface area contributed by atoms with Crippen molar-refractivity contribution in [2.75, 3.05) is 6.61 Å². The first-order valence-electron chi connectivity index (χ1n) is 9.66. The molecule has 4 heteroatoms. The van der Waals surface area contributed by atoms with Crippen LogP contribution < -0.4 is 10.6 Å². The van der Waals surface area contributed by atoms with Gasteiger partial charge in [0.1, 0.15) is 0 Å². The Hall–Kier alpha value is -0.610. The molecule has 2 bridgehead atoms. The van der Waals surface area contributed by atoms with Crippen LogP contribution in [0.5, 0.6) is 0 Å². The van der Waals surface area contributed by atoms with Crippen molar-refractivity contribution < 1.29 is 9.53 Å². The van der Waals surface area contributed by atoms with Crippen LogP contribution in [0, 0.1) is 11.3 Å². The van der Waals surface area contributed by atoms with Gasteiger partial charge in [0.25, 0.3) is 0 Å². The highest BCUT2D eigenvalue weighted by Gasteiger charge is 2.49. The number of nitrogens with one attached hydrogen (secondary N) is 2. The fourth-order valence-electron chi connectivity index (χ4n) is 4.64. The van der Waals surface area contributed by atoms with Crippen molar-refractivity contribution in [3.63, 3.8) is 0 Å². The first-order valence-corrected chi connectivity index (χ1v) is 9.66. The fourth-order valence-corrected chi connectivity index (χ4v) is 4.64. The molecular formula is C19H34N2O2. The predicted octanol–water partition coefficient (Wildman–Crippen LogP) is 3.01. The normalized spacial score (nSPS) is 38.1. The van der Waals surface area contributed by atoms with Crippen LogP contribution in [0.25, 0.3) is 0 Å². The monoisotopic (exact) mass is 322 g/mol. The molecule has 1 aliphatic carbocycles. The molecule has 4 atom stereocenters. The van der Waals surface area contributed by atoms with Gasteiger partial charge in [-0.05, 0) is 44.4 Å². The quantitative estimate of drug-likeness (QED) is 0.709. The molecule has 0 aromatic carbocycles. The number of amides is 1. The zero-order chi connectivity index (χ0) is 16.4. The molecule has 2 saturated heterocycles. The molecule has 3 aliphatic rings. The molecule has 1 amide bonds. The third-order valence-corrected chi connectivity index (χ3v) is 6.37. The first kappa shape index (κ1) is 17.2. The number of hydrogen-bond acceptors (Lipinski definition) is 3. The van der Waals surface area contributed by atoms with E-state index >= 15 is 0 Å². The highest BCUT2D eigenvalue weighted by atomic mass is 16.5. The van der Waals surface area contributed by atoms with E-state index in [0.29, 0.717) is 30.5 Å². The van der Waals surface area contributed by atoms with Crippen molar-refractivity contribution in [1.82, 2.24) is 10.6 Å². The minimum Gasteiger partial charge on any atom is -0.378 e. The van der Waals surface area contributed by atoms with Gasteiger partial charge < -0.3 is 15.4 Å². The van der Waals surface area contributed by atoms with Crippen LogP contribution in [0.4, 0.5) is 0 Å². The molecule has 2 N–H and O–H groups in total. The summed E-state index contributed by atoms with van der Waals surface area (Å²) in [6, 6.07) is 1.62. The lowest BCUT2D eigenvalue weighted by Crippen LogP contribution is -2.62. The number of carbonyl (C=O) groups excluding carboxylic acids is 1. The number of piperidine rings is 1. The summed E-state index contributed by atoms with van der Waals surface area (Å²) in [7, 11) is 0. The van der Waals surface area contributed by atoms with Crippen molar-refractivity contribution in [1.29, 1.82) is 0 Å². The molecule has 0 aromatic heterocycles. The summed E-state index contributed by atoms with van der Waals surface area (Å²) in [5, 5.41) is 6.94. The largest absolute Gasteiger partial charge is 0.378 e. The number of hydrogen-bond donors (Lipinski definition) is 2. The molecule has 0 aromatic rings. The molecule has 0 spiro atoms. The fraction of sp³-hybridized carbons (Fsp3) is 0.947. The molecule has 2 aliphatic heterocycles. The zero-order valence-electron chi connectivity index (χ0n) is 15.1. The maximum Gasteiger partial charge on any atom is 0.220 e. The Bertz CT molecular complexity index is 412. The standard InChI is InChI=1S/C19H34N2O2/c1-4-5-8-23-17-12-16(19(17,2)3)21-18(22)11-13-9-14-6-7-15(10-13)20-14/h13-17,20H,4-12H2,1-3H3,(H,21,22). The molecule has 1 saturated carbocycles. The van der Waals surface area contributed by atoms with Crippen LogP contribution >= 0.6 is 0 Å². The molecule has 3 rings (SSSR count). The molecule has 4 unspecified atom stereocenters. The highest BCUT2D eigenvalue weighted by Crippen LogP contribution is 2.43. The average Bonchev–Trinajstić information content (AvgIpc) is 2.84. The van der Waals surface area contributed by atoms with Crippen LogP contribution in [0.1, 0.15) is 72.1 Å². The summed E-state index contributed by atoms with van der Waals surface area (Å²) < 4.78 is 5.97. The Morgan fingerprint density at radius 3 is 2.52 bits per heavy atom. The molecule has 132 valence electrons. The lowest BCUT2D eigenvalue weighted by atomic mass is 9.64. The number of unbranched alkanes of at least 4 members (excludes halogenated alkanes) is 1. The lowest BCUT2D eigenvalue weighted by Gasteiger charge is -2.51. The topological polar surface area (TPSA) is 50.4 Å². The van der Waals surface area contributed by atoms with Gasteiger partial charge in [0.05, 0.1) is 6.10 Å². The summed E-state index contributed by atoms with van der Waals surface area (Å²) in [5.41, 5.74) is 0.0660. The first-order chi connectivity index (χ1) is 11.0. The van der Waals surface area contributed by atoms with Gasteiger partial charge in [0.2, 0.25) is 5.91 Å². The van der Waals surface area contributed by atoms with Gasteiger partial charge >= 0.3 is 0 Å². The number of rotatable bonds is 7. The Labute approximate surface area is 141 Å². The van der Waals surface area contributed by atoms with E-state index in [-0.39, 0.29) is 17.4 Å². The minimum atomic E-state index is 0.0660. The van der Waals surface area contributed by atoms with Crippen LogP contribution in [0.3, 0.4) is 0 Å². The molecule has 3 fully saturated rings. The Kier molecular flexibility index (Phi) is 5.32. The summed E-state index contributed by atoms with van der Waals surface area (Å²) in [6.45, 7) is 7.49. The summed E-state index contributed by atoms with van der Waals surface area (Å²) in [6.07, 6.45) is 9.25. The highest BCUT2D eigenvalue weighted by molar-refractivity contribution is 5.76. The second kappa shape index (κ2) is 7.10. The second-order valence-corrected chi connectivity index (χ2v) is 8.57. The number of carbonyl (C=O) groups is 1. The maximum absolute atomic E-state index is 12.4. The van der Waals surface area contributed by atoms with Crippen molar-refractivity contribution in [3.8, 4) is 0 Å². The Morgan fingerprint density at radius 2 is 1.91 bits per heavy atom. The van der Waals surface area contributed by atoms with Gasteiger partial charge in [0.15, 0.2) is 0 Å². The van der Waals surface area contributed by atoms with E-state index < -0.39 is 0 Å². The lowest BCUT2D eigenvalue weighted by molar-refractivity contribution is -0.138. The van der Waals surface area contributed by atoms with Gasteiger partial charge in [-0.1, -0.05) is 27.2 Å². The van der Waals surface area contributed by atoms with Gasteiger partial charge in [-0.2, -0.15) is 0 Å². The SMILES string of the molecule is CCCCOC1CC(NC(=O)CC2CC3CCC(C2)N3)C1(C)C. The van der Waals surface area contributed by atoms with Crippen molar-refractivity contribution in [2.24, 2.45) is 11.3 Å². The number of fused-ring (bicyclic) bond motifs is 2. The average molecular weight is 322 g/mol. The van der Waals surface area contributed by atoms with Gasteiger partial charge in [-0.25, -0.2) is 0 Å². The minimum absolute atomic E-state index is 0.0660. The van der Waals surface area contributed by atoms with E-state index in [1.165, 1.54) is 32.1 Å². The van der Waals surface area contributed by atoms with Crippen LogP contribution in [-0.2, 0) is 9.53 Å². The van der Waals surface area contributed by atoms with E-state index in [1.807, 2.05) is 0 Å². The third kappa shape index (κ3) is 3.90. The summed E-state index contributed by atoms with van der Waals surface area (Å²) in [4.78, 5) is 12.4. The molecule has 23 heavy (non-hydrogen) atoms. The van der Waals surface area contributed by atoms with E-state index in [9.17, 15) is 4.79 Å². The molecule has 2 heterocycles.